The van der Waals surface area contributed by atoms with Crippen LogP contribution in [0.2, 0.25) is 0 Å². The molecule has 8 nitrogen and oxygen atoms in total. The maximum atomic E-state index is 5.52. The molecule has 0 spiro atoms. The molecule has 0 aromatic carbocycles. The van der Waals surface area contributed by atoms with Crippen LogP contribution in [0.1, 0.15) is 47.0 Å². The van der Waals surface area contributed by atoms with E-state index >= 15 is 0 Å². The molecule has 8 heteroatoms. The molecule has 0 aliphatic carbocycles. The minimum Gasteiger partial charge on any atom is -0.461 e. The van der Waals surface area contributed by atoms with Gasteiger partial charge in [0.15, 0.2) is 0 Å². The van der Waals surface area contributed by atoms with E-state index in [0.717, 1.165) is 12.8 Å². The van der Waals surface area contributed by atoms with Gasteiger partial charge in [-0.1, -0.05) is 6.42 Å². The van der Waals surface area contributed by atoms with Crippen LogP contribution in [0.4, 0.5) is 11.9 Å². The third-order valence-corrected chi connectivity index (χ3v) is 3.51. The Morgan fingerprint density at radius 1 is 1.14 bits per heavy atom. The van der Waals surface area contributed by atoms with Crippen LogP contribution < -0.4 is 21.4 Å². The molecule has 2 atom stereocenters. The van der Waals surface area contributed by atoms with Gasteiger partial charge in [-0.25, -0.2) is 10.9 Å². The van der Waals surface area contributed by atoms with Crippen molar-refractivity contribution in [2.45, 2.75) is 65.1 Å². The third kappa shape index (κ3) is 4.15. The number of aromatic nitrogens is 3. The normalized spacial score (nSPS) is 23.1. The number of anilines is 2. The summed E-state index contributed by atoms with van der Waals surface area (Å²) in [6, 6.07) is 1.11. The predicted octanol–water partition coefficient (Wildman–Crippen LogP) is 1.53. The molecule has 4 N–H and O–H groups in total. The Bertz CT molecular complexity index is 458. The third-order valence-electron chi connectivity index (χ3n) is 3.51. The van der Waals surface area contributed by atoms with E-state index in [-0.39, 0.29) is 18.1 Å². The van der Waals surface area contributed by atoms with Crippen molar-refractivity contribution in [1.29, 1.82) is 0 Å². The summed E-state index contributed by atoms with van der Waals surface area (Å²) in [5.41, 5.74) is 5.70. The number of piperidine rings is 1. The number of nitrogens with two attached hydrogens (primary N) is 1. The van der Waals surface area contributed by atoms with Gasteiger partial charge in [0.1, 0.15) is 0 Å². The van der Waals surface area contributed by atoms with Crippen molar-refractivity contribution < 1.29 is 4.74 Å². The van der Waals surface area contributed by atoms with Gasteiger partial charge in [-0.05, 0) is 40.5 Å². The lowest BCUT2D eigenvalue weighted by Gasteiger charge is -2.38. The number of nitrogen functional groups attached to an aromatic ring is 1. The summed E-state index contributed by atoms with van der Waals surface area (Å²) >= 11 is 0. The zero-order chi connectivity index (χ0) is 15.4. The molecule has 0 saturated carbocycles. The molecular formula is C13H25N7O. The number of nitrogens with zero attached hydrogens (tertiary/aromatic N) is 4. The fourth-order valence-electron chi connectivity index (χ4n) is 2.49. The monoisotopic (exact) mass is 295 g/mol. The lowest BCUT2D eigenvalue weighted by Crippen LogP contribution is -2.47. The smallest absolute Gasteiger partial charge is 0.323 e. The van der Waals surface area contributed by atoms with E-state index in [1.54, 1.807) is 0 Å². The molecule has 21 heavy (non-hydrogen) atoms. The second-order valence-electron chi connectivity index (χ2n) is 5.72. The Hall–Kier alpha value is -1.67. The summed E-state index contributed by atoms with van der Waals surface area (Å²) in [6.45, 7) is 8.22. The van der Waals surface area contributed by atoms with Gasteiger partial charge in [-0.2, -0.15) is 15.0 Å². The van der Waals surface area contributed by atoms with E-state index in [1.165, 1.54) is 6.42 Å². The number of ether oxygens (including phenoxy) is 1. The molecule has 1 saturated heterocycles. The van der Waals surface area contributed by atoms with Gasteiger partial charge in [-0.15, -0.1) is 0 Å². The number of hydrogen-bond acceptors (Lipinski definition) is 8. The fourth-order valence-corrected chi connectivity index (χ4v) is 2.49. The van der Waals surface area contributed by atoms with Crippen molar-refractivity contribution in [2.75, 3.05) is 10.9 Å². The Balaban J connectivity index is 2.17. The van der Waals surface area contributed by atoms with Gasteiger partial charge in [0.2, 0.25) is 11.9 Å². The van der Waals surface area contributed by atoms with Crippen LogP contribution in [0.15, 0.2) is 0 Å². The molecule has 118 valence electrons. The summed E-state index contributed by atoms with van der Waals surface area (Å²) in [4.78, 5) is 12.6. The average Bonchev–Trinajstić information content (AvgIpc) is 2.42. The van der Waals surface area contributed by atoms with Gasteiger partial charge in [0.25, 0.3) is 0 Å². The number of hydrogen-bond donors (Lipinski definition) is 3. The Morgan fingerprint density at radius 2 is 1.76 bits per heavy atom. The summed E-state index contributed by atoms with van der Waals surface area (Å²) in [5.74, 6) is 6.12. The van der Waals surface area contributed by atoms with Gasteiger partial charge in [-0.3, -0.25) is 10.9 Å². The zero-order valence-corrected chi connectivity index (χ0v) is 13.1. The van der Waals surface area contributed by atoms with E-state index in [2.05, 4.69) is 44.7 Å². The molecule has 1 aromatic rings. The van der Waals surface area contributed by atoms with E-state index in [4.69, 9.17) is 10.6 Å². The van der Waals surface area contributed by atoms with Crippen molar-refractivity contribution in [3.05, 3.63) is 0 Å². The molecule has 2 heterocycles. The van der Waals surface area contributed by atoms with Crippen LogP contribution in [0.25, 0.3) is 0 Å². The first-order valence-corrected chi connectivity index (χ1v) is 7.44. The van der Waals surface area contributed by atoms with Crippen molar-refractivity contribution in [2.24, 2.45) is 5.84 Å². The number of nitrogens with one attached hydrogen (secondary N) is 2. The standard InChI is InChI=1S/C13H25N7O/c1-8(2)21-13-16-11(18-14)15-12(17-13)19-20-9(3)6-5-7-10(20)4/h8-10H,5-7,14H2,1-4H3,(H2,15,16,17,18,19). The number of hydrazine groups is 2. The Morgan fingerprint density at radius 3 is 2.33 bits per heavy atom. The highest BCUT2D eigenvalue weighted by Gasteiger charge is 2.25. The van der Waals surface area contributed by atoms with Crippen molar-refractivity contribution in [3.63, 3.8) is 0 Å². The van der Waals surface area contributed by atoms with Gasteiger partial charge >= 0.3 is 6.01 Å². The van der Waals surface area contributed by atoms with Crippen LogP contribution in [-0.4, -0.2) is 38.1 Å². The topological polar surface area (TPSA) is 101 Å². The number of rotatable bonds is 5. The minimum absolute atomic E-state index is 0.0151. The first kappa shape index (κ1) is 15.7. The fraction of sp³-hybridized carbons (Fsp3) is 0.769. The second kappa shape index (κ2) is 6.86. The van der Waals surface area contributed by atoms with Crippen LogP contribution in [0.5, 0.6) is 6.01 Å². The Labute approximate surface area is 125 Å². The van der Waals surface area contributed by atoms with E-state index in [9.17, 15) is 0 Å². The van der Waals surface area contributed by atoms with E-state index in [1.807, 2.05) is 13.8 Å². The van der Waals surface area contributed by atoms with Crippen LogP contribution in [0.3, 0.4) is 0 Å². The van der Waals surface area contributed by atoms with Crippen LogP contribution in [0, 0.1) is 0 Å². The lowest BCUT2D eigenvalue weighted by atomic mass is 10.00. The molecule has 0 amide bonds. The van der Waals surface area contributed by atoms with Crippen molar-refractivity contribution in [3.8, 4) is 6.01 Å². The second-order valence-corrected chi connectivity index (χ2v) is 5.72. The molecule has 2 rings (SSSR count). The molecule has 1 fully saturated rings. The lowest BCUT2D eigenvalue weighted by molar-refractivity contribution is 0.134. The minimum atomic E-state index is -0.0151. The van der Waals surface area contributed by atoms with E-state index in [0.29, 0.717) is 18.0 Å². The Kier molecular flexibility index (Phi) is 5.13. The van der Waals surface area contributed by atoms with Gasteiger partial charge in [0.05, 0.1) is 6.10 Å². The molecule has 0 radical (unpaired) electrons. The summed E-state index contributed by atoms with van der Waals surface area (Å²) in [6.07, 6.45) is 3.54. The van der Waals surface area contributed by atoms with Crippen molar-refractivity contribution >= 4 is 11.9 Å². The quantitative estimate of drug-likeness (QED) is 0.555. The first-order chi connectivity index (χ1) is 9.99. The highest BCUT2D eigenvalue weighted by Crippen LogP contribution is 2.23. The molecule has 1 aliphatic heterocycles. The first-order valence-electron chi connectivity index (χ1n) is 7.44. The summed E-state index contributed by atoms with van der Waals surface area (Å²) in [7, 11) is 0. The van der Waals surface area contributed by atoms with Crippen molar-refractivity contribution in [1.82, 2.24) is 20.0 Å². The zero-order valence-electron chi connectivity index (χ0n) is 13.1. The summed E-state index contributed by atoms with van der Waals surface area (Å²) in [5, 5.41) is 2.18. The molecule has 1 aliphatic rings. The van der Waals surface area contributed by atoms with E-state index < -0.39 is 0 Å². The van der Waals surface area contributed by atoms with Gasteiger partial charge in [0, 0.05) is 12.1 Å². The maximum Gasteiger partial charge on any atom is 0.323 e. The SMILES string of the molecule is CC(C)Oc1nc(NN)nc(NN2C(C)CCCC2C)n1. The molecule has 1 aromatic heterocycles. The molecule has 2 unspecified atom stereocenters. The maximum absolute atomic E-state index is 5.52. The highest BCUT2D eigenvalue weighted by atomic mass is 16.5. The van der Waals surface area contributed by atoms with Crippen LogP contribution >= 0.6 is 0 Å². The molecular weight excluding hydrogens is 270 g/mol. The van der Waals surface area contributed by atoms with Crippen LogP contribution in [-0.2, 0) is 0 Å². The highest BCUT2D eigenvalue weighted by molar-refractivity contribution is 5.34. The predicted molar refractivity (Wildman–Crippen MR) is 81.6 cm³/mol. The van der Waals surface area contributed by atoms with Gasteiger partial charge < -0.3 is 4.74 Å². The molecule has 0 bridgehead atoms. The summed E-state index contributed by atoms with van der Waals surface area (Å²) < 4.78 is 5.52. The largest absolute Gasteiger partial charge is 0.461 e. The average molecular weight is 295 g/mol.